The van der Waals surface area contributed by atoms with Gasteiger partial charge in [0.05, 0.1) is 18.9 Å². The third-order valence-corrected chi connectivity index (χ3v) is 2.66. The van der Waals surface area contributed by atoms with Gasteiger partial charge in [0.25, 0.3) is 0 Å². The van der Waals surface area contributed by atoms with Gasteiger partial charge in [-0.3, -0.25) is 4.79 Å². The molecule has 92 valence electrons. The maximum absolute atomic E-state index is 11.6. The predicted octanol–water partition coefficient (Wildman–Crippen LogP) is 1.45. The molecule has 17 heavy (non-hydrogen) atoms. The van der Waals surface area contributed by atoms with Crippen LogP contribution in [0, 0.1) is 17.8 Å². The summed E-state index contributed by atoms with van der Waals surface area (Å²) in [6, 6.07) is 0. The molecule has 1 heterocycles. The van der Waals surface area contributed by atoms with Gasteiger partial charge in [0.15, 0.2) is 5.60 Å². The molecule has 0 N–H and O–H groups in total. The van der Waals surface area contributed by atoms with Crippen LogP contribution in [0.25, 0.3) is 0 Å². The first-order valence-corrected chi connectivity index (χ1v) is 5.37. The van der Waals surface area contributed by atoms with Crippen molar-refractivity contribution in [2.45, 2.75) is 32.8 Å². The highest BCUT2D eigenvalue weighted by atomic mass is 16.6. The molecule has 0 bridgehead atoms. The van der Waals surface area contributed by atoms with Crippen LogP contribution in [0.1, 0.15) is 27.2 Å². The predicted molar refractivity (Wildman–Crippen MR) is 61.8 cm³/mol. The minimum Gasteiger partial charge on any atom is -0.465 e. The molecule has 1 rings (SSSR count). The van der Waals surface area contributed by atoms with Gasteiger partial charge in [-0.1, -0.05) is 12.5 Å². The van der Waals surface area contributed by atoms with E-state index in [1.54, 1.807) is 20.8 Å². The van der Waals surface area contributed by atoms with E-state index in [4.69, 9.17) is 9.47 Å². The molecular weight excluding hydrogens is 220 g/mol. The van der Waals surface area contributed by atoms with E-state index in [-0.39, 0.29) is 24.9 Å². The maximum Gasteiger partial charge on any atom is 0.334 e. The molecule has 0 amide bonds. The van der Waals surface area contributed by atoms with Crippen LogP contribution in [-0.4, -0.2) is 24.1 Å². The topological polar surface area (TPSA) is 52.6 Å². The van der Waals surface area contributed by atoms with Crippen LogP contribution in [0.2, 0.25) is 0 Å². The Hall–Kier alpha value is -1.76. The number of esters is 2. The summed E-state index contributed by atoms with van der Waals surface area (Å²) < 4.78 is 10.2. The van der Waals surface area contributed by atoms with Crippen molar-refractivity contribution >= 4 is 11.9 Å². The van der Waals surface area contributed by atoms with Gasteiger partial charge in [0.1, 0.15) is 0 Å². The largest absolute Gasteiger partial charge is 0.465 e. The Kier molecular flexibility index (Phi) is 3.95. The van der Waals surface area contributed by atoms with E-state index in [0.29, 0.717) is 5.57 Å². The molecule has 0 aliphatic carbocycles. The zero-order valence-electron chi connectivity index (χ0n) is 10.3. The Balaban J connectivity index is 2.88. The molecule has 4 heteroatoms. The van der Waals surface area contributed by atoms with Crippen LogP contribution in [0.5, 0.6) is 0 Å². The number of hydrogen-bond donors (Lipinski definition) is 0. The zero-order valence-corrected chi connectivity index (χ0v) is 10.3. The van der Waals surface area contributed by atoms with Crippen LogP contribution >= 0.6 is 0 Å². The van der Waals surface area contributed by atoms with Crippen LogP contribution < -0.4 is 0 Å². The highest BCUT2D eigenvalue weighted by molar-refractivity contribution is 5.87. The van der Waals surface area contributed by atoms with E-state index < -0.39 is 11.6 Å². The molecular formula is C13H16O4. The number of carbonyl (C=O) groups is 2. The molecule has 4 nitrogen and oxygen atoms in total. The van der Waals surface area contributed by atoms with Crippen LogP contribution in [0.3, 0.4) is 0 Å². The Morgan fingerprint density at radius 2 is 2.29 bits per heavy atom. The molecule has 0 spiro atoms. The molecule has 0 aromatic rings. The van der Waals surface area contributed by atoms with Crippen molar-refractivity contribution in [3.63, 3.8) is 0 Å². The highest BCUT2D eigenvalue weighted by Crippen LogP contribution is 2.30. The first-order valence-electron chi connectivity index (χ1n) is 5.37. The lowest BCUT2D eigenvalue weighted by Crippen LogP contribution is -2.39. The fraction of sp³-hybridized carbons (Fsp3) is 0.538. The SMILES string of the molecule is C=C(C)C(=O)OC(C)(C#CC)C1COC(=O)C1. The quantitative estimate of drug-likeness (QED) is 0.423. The number of carbonyl (C=O) groups excluding carboxylic acids is 2. The van der Waals surface area contributed by atoms with Crippen molar-refractivity contribution in [2.75, 3.05) is 6.61 Å². The van der Waals surface area contributed by atoms with Gasteiger partial charge in [0, 0.05) is 5.57 Å². The molecule has 2 unspecified atom stereocenters. The van der Waals surface area contributed by atoms with Gasteiger partial charge in [-0.05, 0) is 20.8 Å². The minimum atomic E-state index is -1.00. The Morgan fingerprint density at radius 3 is 2.71 bits per heavy atom. The van der Waals surface area contributed by atoms with Crippen molar-refractivity contribution in [1.29, 1.82) is 0 Å². The first-order chi connectivity index (χ1) is 7.89. The second-order valence-corrected chi connectivity index (χ2v) is 4.24. The Bertz CT molecular complexity index is 413. The Labute approximate surface area is 101 Å². The van der Waals surface area contributed by atoms with Crippen LogP contribution in [-0.2, 0) is 19.1 Å². The lowest BCUT2D eigenvalue weighted by molar-refractivity contribution is -0.152. The lowest BCUT2D eigenvalue weighted by atomic mass is 9.88. The zero-order chi connectivity index (χ0) is 13.1. The third kappa shape index (κ3) is 3.10. The van der Waals surface area contributed by atoms with E-state index in [1.165, 1.54) is 0 Å². The summed E-state index contributed by atoms with van der Waals surface area (Å²) in [6.45, 7) is 8.67. The van der Waals surface area contributed by atoms with E-state index in [2.05, 4.69) is 18.4 Å². The van der Waals surface area contributed by atoms with Crippen molar-refractivity contribution in [1.82, 2.24) is 0 Å². The number of ether oxygens (including phenoxy) is 2. The van der Waals surface area contributed by atoms with Crippen LogP contribution in [0.15, 0.2) is 12.2 Å². The first kappa shape index (κ1) is 13.3. The third-order valence-electron chi connectivity index (χ3n) is 2.66. The van der Waals surface area contributed by atoms with Crippen LogP contribution in [0.4, 0.5) is 0 Å². The molecule has 1 saturated heterocycles. The van der Waals surface area contributed by atoms with Crippen molar-refractivity contribution < 1.29 is 19.1 Å². The van der Waals surface area contributed by atoms with Crippen molar-refractivity contribution in [3.8, 4) is 11.8 Å². The summed E-state index contributed by atoms with van der Waals surface area (Å²) in [5, 5.41) is 0. The fourth-order valence-electron chi connectivity index (χ4n) is 1.61. The van der Waals surface area contributed by atoms with E-state index >= 15 is 0 Å². The molecule has 1 fully saturated rings. The molecule has 0 saturated carbocycles. The smallest absolute Gasteiger partial charge is 0.334 e. The molecule has 0 aromatic carbocycles. The average molecular weight is 236 g/mol. The fourth-order valence-corrected chi connectivity index (χ4v) is 1.61. The monoisotopic (exact) mass is 236 g/mol. The molecule has 1 aliphatic heterocycles. The minimum absolute atomic E-state index is 0.217. The van der Waals surface area contributed by atoms with E-state index in [9.17, 15) is 9.59 Å². The van der Waals surface area contributed by atoms with Gasteiger partial charge < -0.3 is 9.47 Å². The summed E-state index contributed by atoms with van der Waals surface area (Å²) in [7, 11) is 0. The summed E-state index contributed by atoms with van der Waals surface area (Å²) >= 11 is 0. The molecule has 0 aromatic heterocycles. The maximum atomic E-state index is 11.6. The van der Waals surface area contributed by atoms with E-state index in [1.807, 2.05) is 0 Å². The number of cyclic esters (lactones) is 1. The summed E-state index contributed by atoms with van der Waals surface area (Å²) in [5.41, 5.74) is -0.698. The number of hydrogen-bond acceptors (Lipinski definition) is 4. The van der Waals surface area contributed by atoms with Crippen molar-refractivity contribution in [2.24, 2.45) is 5.92 Å². The van der Waals surface area contributed by atoms with Gasteiger partial charge in [-0.25, -0.2) is 4.79 Å². The standard InChI is InChI=1S/C13H16O4/c1-5-6-13(4,17-12(15)9(2)3)10-7-11(14)16-8-10/h10H,2,7-8H2,1,3-4H3. The molecule has 2 atom stereocenters. The number of rotatable bonds is 3. The normalized spacial score (nSPS) is 21.8. The molecule has 0 radical (unpaired) electrons. The van der Waals surface area contributed by atoms with E-state index in [0.717, 1.165) is 0 Å². The Morgan fingerprint density at radius 1 is 1.65 bits per heavy atom. The second-order valence-electron chi connectivity index (χ2n) is 4.24. The summed E-state index contributed by atoms with van der Waals surface area (Å²) in [4.78, 5) is 22.7. The van der Waals surface area contributed by atoms with Crippen molar-refractivity contribution in [3.05, 3.63) is 12.2 Å². The molecule has 1 aliphatic rings. The van der Waals surface area contributed by atoms with Gasteiger partial charge in [-0.2, -0.15) is 0 Å². The second kappa shape index (κ2) is 5.05. The average Bonchev–Trinajstić information content (AvgIpc) is 2.65. The van der Waals surface area contributed by atoms with Gasteiger partial charge >= 0.3 is 11.9 Å². The summed E-state index contributed by atoms with van der Waals surface area (Å²) in [6.07, 6.45) is 0.217. The highest BCUT2D eigenvalue weighted by Gasteiger charge is 2.42. The van der Waals surface area contributed by atoms with Gasteiger partial charge in [0.2, 0.25) is 0 Å². The lowest BCUT2D eigenvalue weighted by Gasteiger charge is -2.28. The summed E-state index contributed by atoms with van der Waals surface area (Å²) in [5.74, 6) is 4.54. The van der Waals surface area contributed by atoms with Gasteiger partial charge in [-0.15, -0.1) is 5.92 Å².